The van der Waals surface area contributed by atoms with Crippen molar-refractivity contribution < 1.29 is 25.9 Å². The van der Waals surface area contributed by atoms with Gasteiger partial charge < -0.3 is 5.32 Å². The molecule has 1 heterocycles. The van der Waals surface area contributed by atoms with Gasteiger partial charge in [0, 0.05) is 11.4 Å². The molecule has 0 fully saturated rings. The number of aromatic nitrogens is 1. The average Bonchev–Trinajstić information content (AvgIpc) is 2.80. The highest BCUT2D eigenvalue weighted by Gasteiger charge is 2.15. The molecule has 0 unspecified atom stereocenters. The lowest BCUT2D eigenvalue weighted by Crippen LogP contribution is -2.06. The number of benzene rings is 2. The molecule has 36 heavy (non-hydrogen) atoms. The molecule has 3 aromatic rings. The molecule has 3 rings (SSSR count). The normalized spacial score (nSPS) is 11.2. The summed E-state index contributed by atoms with van der Waals surface area (Å²) in [6.45, 7) is 7.83. The molecule has 0 aliphatic heterocycles. The fraction of sp³-hybridized carbons (Fsp3) is 0.280. The number of rotatable bonds is 7. The molecule has 0 aliphatic carbocycles. The van der Waals surface area contributed by atoms with Gasteiger partial charge in [-0.05, 0) is 81.1 Å². The van der Waals surface area contributed by atoms with E-state index in [-0.39, 0.29) is 9.79 Å². The number of nitriles is 1. The smallest absolute Gasteiger partial charge is 0.294 e. The zero-order chi connectivity index (χ0) is 27.1. The van der Waals surface area contributed by atoms with Gasteiger partial charge in [0.25, 0.3) is 20.2 Å². The highest BCUT2D eigenvalue weighted by Crippen LogP contribution is 2.26. The topological polar surface area (TPSA) is 157 Å². The van der Waals surface area contributed by atoms with Crippen molar-refractivity contribution in [2.45, 2.75) is 56.7 Å². The third kappa shape index (κ3) is 7.86. The number of unbranched alkanes of at least 4 members (excludes halogenated alkanes) is 1. The van der Waals surface area contributed by atoms with E-state index < -0.39 is 20.2 Å². The van der Waals surface area contributed by atoms with Crippen LogP contribution in [0.5, 0.6) is 0 Å². The van der Waals surface area contributed by atoms with Crippen LogP contribution in [0, 0.1) is 32.1 Å². The molecule has 9 nitrogen and oxygen atoms in total. The highest BCUT2D eigenvalue weighted by molar-refractivity contribution is 7.86. The first-order valence-electron chi connectivity index (χ1n) is 11.1. The summed E-state index contributed by atoms with van der Waals surface area (Å²) in [5.41, 5.74) is 4.88. The molecule has 1 aromatic heterocycles. The Kier molecular flexibility index (Phi) is 9.72. The van der Waals surface area contributed by atoms with Gasteiger partial charge in [-0.2, -0.15) is 22.1 Å². The maximum absolute atomic E-state index is 11.1. The first kappa shape index (κ1) is 28.9. The van der Waals surface area contributed by atoms with Crippen molar-refractivity contribution in [2.24, 2.45) is 0 Å². The van der Waals surface area contributed by atoms with Crippen LogP contribution in [0.4, 0.5) is 11.5 Å². The van der Waals surface area contributed by atoms with Crippen LogP contribution in [-0.4, -0.2) is 30.9 Å². The quantitative estimate of drug-likeness (QED) is 0.351. The van der Waals surface area contributed by atoms with Crippen LogP contribution in [0.2, 0.25) is 0 Å². The Morgan fingerprint density at radius 1 is 0.861 bits per heavy atom. The summed E-state index contributed by atoms with van der Waals surface area (Å²) >= 11 is 0. The van der Waals surface area contributed by atoms with Gasteiger partial charge in [-0.25, -0.2) is 4.98 Å². The molecule has 0 radical (unpaired) electrons. The number of pyridine rings is 1. The second-order valence-electron chi connectivity index (χ2n) is 8.16. The maximum Gasteiger partial charge on any atom is 0.294 e. The molecule has 3 N–H and O–H groups in total. The Balaban J connectivity index is 0.000000346. The molecule has 0 bridgehead atoms. The van der Waals surface area contributed by atoms with E-state index in [9.17, 15) is 22.1 Å². The Morgan fingerprint density at radius 2 is 1.36 bits per heavy atom. The SMILES string of the molecule is CCCCc1nc(Nc2ccc(S(=O)(=O)O)cc2)c(C#N)c(C)c1C.Cc1ccc(S(=O)(=O)O)cc1. The van der Waals surface area contributed by atoms with Crippen molar-refractivity contribution in [2.75, 3.05) is 5.32 Å². The zero-order valence-electron chi connectivity index (χ0n) is 20.5. The standard InChI is InChI=1S/C18H21N3O3S.C7H8O3S/c1-4-5-6-17-13(3)12(2)16(11-19)18(21-17)20-14-7-9-15(10-8-14)25(22,23)24;1-6-2-4-7(5-3-6)11(8,9)10/h7-10H,4-6H2,1-3H3,(H,20,21)(H,22,23,24);2-5H,1H3,(H,8,9,10). The molecule has 0 saturated carbocycles. The van der Waals surface area contributed by atoms with Crippen LogP contribution in [0.25, 0.3) is 0 Å². The van der Waals surface area contributed by atoms with Gasteiger partial charge in [0.2, 0.25) is 0 Å². The number of nitrogens with zero attached hydrogens (tertiary/aromatic N) is 2. The van der Waals surface area contributed by atoms with E-state index >= 15 is 0 Å². The van der Waals surface area contributed by atoms with Gasteiger partial charge >= 0.3 is 0 Å². The molecule has 0 amide bonds. The first-order valence-corrected chi connectivity index (χ1v) is 13.9. The second kappa shape index (κ2) is 12.1. The molecule has 192 valence electrons. The Bertz CT molecular complexity index is 1460. The summed E-state index contributed by atoms with van der Waals surface area (Å²) < 4.78 is 60.8. The van der Waals surface area contributed by atoms with Gasteiger partial charge in [0.05, 0.1) is 15.4 Å². The molecule has 0 aliphatic rings. The van der Waals surface area contributed by atoms with E-state index in [1.54, 1.807) is 12.1 Å². The fourth-order valence-electron chi connectivity index (χ4n) is 3.23. The Labute approximate surface area is 212 Å². The van der Waals surface area contributed by atoms with Crippen molar-refractivity contribution >= 4 is 31.7 Å². The summed E-state index contributed by atoms with van der Waals surface area (Å²) in [5, 5.41) is 12.6. The summed E-state index contributed by atoms with van der Waals surface area (Å²) in [4.78, 5) is 4.36. The molecule has 0 atom stereocenters. The minimum Gasteiger partial charge on any atom is -0.339 e. The van der Waals surface area contributed by atoms with Crippen LogP contribution >= 0.6 is 0 Å². The van der Waals surface area contributed by atoms with Gasteiger partial charge in [-0.15, -0.1) is 0 Å². The van der Waals surface area contributed by atoms with Gasteiger partial charge in [-0.3, -0.25) is 9.11 Å². The number of anilines is 2. The van der Waals surface area contributed by atoms with Crippen LogP contribution in [0.1, 0.15) is 47.7 Å². The predicted molar refractivity (Wildman–Crippen MR) is 138 cm³/mol. The Hall–Kier alpha value is -3.30. The Morgan fingerprint density at radius 3 is 1.81 bits per heavy atom. The molecular formula is C25H29N3O6S2. The van der Waals surface area contributed by atoms with Crippen LogP contribution in [0.15, 0.2) is 58.3 Å². The number of nitrogens with one attached hydrogen (secondary N) is 1. The minimum atomic E-state index is -4.23. The van der Waals surface area contributed by atoms with Gasteiger partial charge in [0.15, 0.2) is 0 Å². The van der Waals surface area contributed by atoms with Crippen LogP contribution in [-0.2, 0) is 26.7 Å². The molecule has 11 heteroatoms. The summed E-state index contributed by atoms with van der Waals surface area (Å²) in [7, 11) is -8.25. The third-order valence-electron chi connectivity index (χ3n) is 5.47. The van der Waals surface area contributed by atoms with E-state index in [1.165, 1.54) is 36.4 Å². The van der Waals surface area contributed by atoms with Crippen molar-refractivity contribution in [3.8, 4) is 6.07 Å². The van der Waals surface area contributed by atoms with Crippen molar-refractivity contribution in [3.05, 3.63) is 76.5 Å². The van der Waals surface area contributed by atoms with E-state index in [4.69, 9.17) is 9.11 Å². The molecular weight excluding hydrogens is 502 g/mol. The zero-order valence-corrected chi connectivity index (χ0v) is 22.1. The number of aryl methyl sites for hydroxylation is 2. The first-order chi connectivity index (χ1) is 16.8. The average molecular weight is 532 g/mol. The summed E-state index contributed by atoms with van der Waals surface area (Å²) in [5.74, 6) is 0.455. The lowest BCUT2D eigenvalue weighted by molar-refractivity contribution is 0.481. The molecule has 0 saturated heterocycles. The fourth-order valence-corrected chi connectivity index (χ4v) is 4.19. The molecule has 0 spiro atoms. The maximum atomic E-state index is 11.1. The number of hydrogen-bond donors (Lipinski definition) is 3. The highest BCUT2D eigenvalue weighted by atomic mass is 32.2. The lowest BCUT2D eigenvalue weighted by atomic mass is 10.0. The van der Waals surface area contributed by atoms with E-state index in [2.05, 4.69) is 23.3 Å². The van der Waals surface area contributed by atoms with Gasteiger partial charge in [-0.1, -0.05) is 31.0 Å². The van der Waals surface area contributed by atoms with Gasteiger partial charge in [0.1, 0.15) is 11.9 Å². The lowest BCUT2D eigenvalue weighted by Gasteiger charge is -2.15. The summed E-state index contributed by atoms with van der Waals surface area (Å²) in [6.07, 6.45) is 2.91. The molecule has 2 aromatic carbocycles. The third-order valence-corrected chi connectivity index (χ3v) is 7.20. The van der Waals surface area contributed by atoms with E-state index in [1.807, 2.05) is 20.8 Å². The number of hydrogen-bond acceptors (Lipinski definition) is 7. The monoisotopic (exact) mass is 531 g/mol. The van der Waals surface area contributed by atoms with Crippen LogP contribution in [0.3, 0.4) is 0 Å². The minimum absolute atomic E-state index is 0.0666. The van der Waals surface area contributed by atoms with E-state index in [0.717, 1.165) is 41.6 Å². The summed E-state index contributed by atoms with van der Waals surface area (Å²) in [6, 6.07) is 13.8. The second-order valence-corrected chi connectivity index (χ2v) is 11.0. The van der Waals surface area contributed by atoms with Crippen LogP contribution < -0.4 is 5.32 Å². The largest absolute Gasteiger partial charge is 0.339 e. The van der Waals surface area contributed by atoms with E-state index in [0.29, 0.717) is 17.1 Å². The van der Waals surface area contributed by atoms with Crippen molar-refractivity contribution in [3.63, 3.8) is 0 Å². The van der Waals surface area contributed by atoms with Crippen molar-refractivity contribution in [1.82, 2.24) is 4.98 Å². The van der Waals surface area contributed by atoms with Crippen molar-refractivity contribution in [1.29, 1.82) is 5.26 Å². The predicted octanol–water partition coefficient (Wildman–Crippen LogP) is 5.14.